The molecule has 134 valence electrons. The Kier molecular flexibility index (Phi) is 4.67. The van der Waals surface area contributed by atoms with Crippen LogP contribution in [0.2, 0.25) is 0 Å². The lowest BCUT2D eigenvalue weighted by Gasteiger charge is -2.10. The van der Waals surface area contributed by atoms with E-state index in [0.29, 0.717) is 25.1 Å². The predicted molar refractivity (Wildman–Crippen MR) is 85.4 cm³/mol. The zero-order chi connectivity index (χ0) is 18.8. The van der Waals surface area contributed by atoms with Gasteiger partial charge >= 0.3 is 12.3 Å². The molecule has 0 N–H and O–H groups in total. The lowest BCUT2D eigenvalue weighted by atomic mass is 10.1. The number of nitrogens with zero attached hydrogens (tertiary/aromatic N) is 3. The third-order valence-electron chi connectivity index (χ3n) is 4.15. The standard InChI is InChI=1S/C17H13F2N3O4/c18-16(19)26-11-5-3-10(4-6-11)14(23)9-22-15(24)12(8-20)13-2-1-7-21(13)17(22)25/h3-6,16H,1-2,7,9H2. The number of benzene rings is 1. The quantitative estimate of drug-likeness (QED) is 0.749. The van der Waals surface area contributed by atoms with Gasteiger partial charge in [0.2, 0.25) is 0 Å². The summed E-state index contributed by atoms with van der Waals surface area (Å²) in [5, 5.41) is 9.21. The molecule has 26 heavy (non-hydrogen) atoms. The van der Waals surface area contributed by atoms with Crippen LogP contribution in [0, 0.1) is 11.3 Å². The first-order chi connectivity index (χ1) is 12.4. The lowest BCUT2D eigenvalue weighted by molar-refractivity contribution is -0.0498. The van der Waals surface area contributed by atoms with Crippen molar-refractivity contribution in [1.29, 1.82) is 5.26 Å². The maximum Gasteiger partial charge on any atom is 0.387 e. The second kappa shape index (κ2) is 6.92. The van der Waals surface area contributed by atoms with Crippen LogP contribution in [0.5, 0.6) is 5.75 Å². The van der Waals surface area contributed by atoms with Crippen LogP contribution >= 0.6 is 0 Å². The largest absolute Gasteiger partial charge is 0.435 e. The van der Waals surface area contributed by atoms with Gasteiger partial charge in [-0.1, -0.05) is 0 Å². The highest BCUT2D eigenvalue weighted by molar-refractivity contribution is 5.96. The third-order valence-corrected chi connectivity index (χ3v) is 4.15. The molecule has 0 saturated carbocycles. The molecule has 0 bridgehead atoms. The smallest absolute Gasteiger partial charge is 0.387 e. The van der Waals surface area contributed by atoms with Gasteiger partial charge in [0.25, 0.3) is 5.56 Å². The number of carbonyl (C=O) groups is 1. The summed E-state index contributed by atoms with van der Waals surface area (Å²) >= 11 is 0. The average Bonchev–Trinajstić information content (AvgIpc) is 3.08. The van der Waals surface area contributed by atoms with E-state index in [4.69, 9.17) is 0 Å². The van der Waals surface area contributed by atoms with E-state index in [-0.39, 0.29) is 16.9 Å². The Morgan fingerprint density at radius 3 is 2.58 bits per heavy atom. The van der Waals surface area contributed by atoms with Crippen LogP contribution < -0.4 is 16.0 Å². The molecule has 0 saturated heterocycles. The van der Waals surface area contributed by atoms with Crippen LogP contribution in [-0.2, 0) is 19.5 Å². The first-order valence-electron chi connectivity index (χ1n) is 7.77. The molecule has 1 aromatic carbocycles. The second-order valence-corrected chi connectivity index (χ2v) is 5.69. The Morgan fingerprint density at radius 1 is 1.27 bits per heavy atom. The van der Waals surface area contributed by atoms with Crippen molar-refractivity contribution in [1.82, 2.24) is 9.13 Å². The fourth-order valence-corrected chi connectivity index (χ4v) is 2.95. The fourth-order valence-electron chi connectivity index (χ4n) is 2.95. The van der Waals surface area contributed by atoms with Gasteiger partial charge in [-0.15, -0.1) is 0 Å². The van der Waals surface area contributed by atoms with Crippen molar-refractivity contribution in [3.8, 4) is 11.8 Å². The number of nitriles is 1. The van der Waals surface area contributed by atoms with E-state index in [2.05, 4.69) is 4.74 Å². The van der Waals surface area contributed by atoms with E-state index in [0.717, 1.165) is 4.57 Å². The molecule has 2 aromatic rings. The Morgan fingerprint density at radius 2 is 1.96 bits per heavy atom. The summed E-state index contributed by atoms with van der Waals surface area (Å²) in [4.78, 5) is 37.2. The average molecular weight is 361 g/mol. The van der Waals surface area contributed by atoms with Crippen molar-refractivity contribution in [3.05, 3.63) is 61.9 Å². The number of ketones is 1. The van der Waals surface area contributed by atoms with Crippen LogP contribution in [0.1, 0.15) is 28.0 Å². The summed E-state index contributed by atoms with van der Waals surface area (Å²) in [5.41, 5.74) is -1.03. The number of carbonyl (C=O) groups excluding carboxylic acids is 1. The third kappa shape index (κ3) is 3.13. The SMILES string of the molecule is N#Cc1c2n(c(=O)n(CC(=O)c3ccc(OC(F)F)cc3)c1=O)CCC2. The van der Waals surface area contributed by atoms with Gasteiger partial charge in [-0.05, 0) is 37.1 Å². The van der Waals surface area contributed by atoms with Crippen molar-refractivity contribution in [3.63, 3.8) is 0 Å². The molecule has 9 heteroatoms. The van der Waals surface area contributed by atoms with Crippen LogP contribution in [-0.4, -0.2) is 21.5 Å². The molecule has 1 aliphatic rings. The van der Waals surface area contributed by atoms with E-state index in [1.807, 2.05) is 6.07 Å². The molecule has 1 aromatic heterocycles. The molecular weight excluding hydrogens is 348 g/mol. The Balaban J connectivity index is 1.92. The number of aromatic nitrogens is 2. The first-order valence-corrected chi connectivity index (χ1v) is 7.77. The predicted octanol–water partition coefficient (Wildman–Crippen LogP) is 1.31. The molecule has 0 radical (unpaired) electrons. The molecule has 1 aliphatic heterocycles. The van der Waals surface area contributed by atoms with Gasteiger partial charge in [-0.25, -0.2) is 4.79 Å². The van der Waals surface area contributed by atoms with Gasteiger partial charge < -0.3 is 4.74 Å². The molecule has 0 fully saturated rings. The highest BCUT2D eigenvalue weighted by Crippen LogP contribution is 2.16. The van der Waals surface area contributed by atoms with Crippen LogP contribution in [0.3, 0.4) is 0 Å². The molecule has 0 atom stereocenters. The van der Waals surface area contributed by atoms with E-state index in [9.17, 15) is 28.4 Å². The Bertz CT molecular complexity index is 1020. The normalized spacial score (nSPS) is 12.7. The molecule has 0 aliphatic carbocycles. The van der Waals surface area contributed by atoms with Crippen molar-refractivity contribution in [2.24, 2.45) is 0 Å². The summed E-state index contributed by atoms with van der Waals surface area (Å²) in [5.74, 6) is -0.673. The van der Waals surface area contributed by atoms with Crippen LogP contribution in [0.4, 0.5) is 8.78 Å². The van der Waals surface area contributed by atoms with Crippen molar-refractivity contribution in [2.75, 3.05) is 0 Å². The zero-order valence-corrected chi connectivity index (χ0v) is 13.4. The van der Waals surface area contributed by atoms with E-state index < -0.39 is 30.2 Å². The summed E-state index contributed by atoms with van der Waals surface area (Å²) in [6, 6.07) is 6.73. The Labute approximate surface area is 145 Å². The number of halogens is 2. The molecule has 0 amide bonds. The summed E-state index contributed by atoms with van der Waals surface area (Å²) in [6.45, 7) is -3.13. The van der Waals surface area contributed by atoms with E-state index in [1.165, 1.54) is 28.8 Å². The van der Waals surface area contributed by atoms with Gasteiger partial charge in [0.15, 0.2) is 5.78 Å². The van der Waals surface area contributed by atoms with Gasteiger partial charge in [0.1, 0.15) is 17.4 Å². The highest BCUT2D eigenvalue weighted by Gasteiger charge is 2.23. The minimum Gasteiger partial charge on any atom is -0.435 e. The number of ether oxygens (including phenoxy) is 1. The number of hydrogen-bond acceptors (Lipinski definition) is 5. The van der Waals surface area contributed by atoms with Gasteiger partial charge in [-0.2, -0.15) is 14.0 Å². The van der Waals surface area contributed by atoms with Gasteiger partial charge in [0, 0.05) is 17.8 Å². The van der Waals surface area contributed by atoms with Gasteiger partial charge in [-0.3, -0.25) is 18.7 Å². The minimum atomic E-state index is -2.98. The zero-order valence-electron chi connectivity index (χ0n) is 13.4. The van der Waals surface area contributed by atoms with Crippen LogP contribution in [0.25, 0.3) is 0 Å². The van der Waals surface area contributed by atoms with Gasteiger partial charge in [0.05, 0.1) is 6.54 Å². The molecule has 2 heterocycles. The molecule has 0 unspecified atom stereocenters. The topological polar surface area (TPSA) is 94.1 Å². The van der Waals surface area contributed by atoms with Crippen molar-refractivity contribution < 1.29 is 18.3 Å². The molecular formula is C17H13F2N3O4. The Hall–Kier alpha value is -3.28. The number of fused-ring (bicyclic) bond motifs is 1. The minimum absolute atomic E-state index is 0.113. The van der Waals surface area contributed by atoms with Crippen molar-refractivity contribution in [2.45, 2.75) is 32.5 Å². The van der Waals surface area contributed by atoms with E-state index in [1.54, 1.807) is 0 Å². The van der Waals surface area contributed by atoms with Crippen LogP contribution in [0.15, 0.2) is 33.9 Å². The number of alkyl halides is 2. The fraction of sp³-hybridized carbons (Fsp3) is 0.294. The lowest BCUT2D eigenvalue weighted by Crippen LogP contribution is -2.43. The second-order valence-electron chi connectivity index (χ2n) is 5.69. The molecule has 7 nitrogen and oxygen atoms in total. The first kappa shape index (κ1) is 17.5. The maximum absolute atomic E-state index is 12.5. The maximum atomic E-state index is 12.5. The highest BCUT2D eigenvalue weighted by atomic mass is 19.3. The van der Waals surface area contributed by atoms with Crippen molar-refractivity contribution >= 4 is 5.78 Å². The number of Topliss-reactive ketones (excluding diaryl/α,β-unsaturated/α-hetero) is 1. The summed E-state index contributed by atoms with van der Waals surface area (Å²) in [7, 11) is 0. The number of rotatable bonds is 5. The summed E-state index contributed by atoms with van der Waals surface area (Å²) < 4.78 is 30.6. The summed E-state index contributed by atoms with van der Waals surface area (Å²) in [6.07, 6.45) is 1.11. The number of hydrogen-bond donors (Lipinski definition) is 0. The monoisotopic (exact) mass is 361 g/mol. The van der Waals surface area contributed by atoms with E-state index >= 15 is 0 Å². The molecule has 3 rings (SSSR count). The molecule has 0 spiro atoms.